The monoisotopic (exact) mass is 264 g/mol. The highest BCUT2D eigenvalue weighted by Gasteiger charge is 2.10. The van der Waals surface area contributed by atoms with Crippen LogP contribution in [0.3, 0.4) is 0 Å². The van der Waals surface area contributed by atoms with Gasteiger partial charge in [-0.15, -0.1) is 11.3 Å². The SMILES string of the molecule is CC(C)(C)NCc1cnc(-c2ccc(F)cc2)s1. The minimum absolute atomic E-state index is 0.0973. The first-order chi connectivity index (χ1) is 8.44. The zero-order valence-electron chi connectivity index (χ0n) is 10.8. The molecule has 0 aliphatic rings. The zero-order chi connectivity index (χ0) is 13.2. The van der Waals surface area contributed by atoms with Gasteiger partial charge < -0.3 is 5.32 Å². The smallest absolute Gasteiger partial charge is 0.123 e. The molecule has 0 saturated heterocycles. The van der Waals surface area contributed by atoms with E-state index >= 15 is 0 Å². The fourth-order valence-electron chi connectivity index (χ4n) is 1.47. The van der Waals surface area contributed by atoms with E-state index in [1.165, 1.54) is 17.0 Å². The topological polar surface area (TPSA) is 24.9 Å². The molecule has 1 N–H and O–H groups in total. The van der Waals surface area contributed by atoms with Crippen LogP contribution in [0, 0.1) is 5.82 Å². The zero-order valence-corrected chi connectivity index (χ0v) is 11.6. The largest absolute Gasteiger partial charge is 0.307 e. The summed E-state index contributed by atoms with van der Waals surface area (Å²) in [5.41, 5.74) is 1.06. The third-order valence-corrected chi connectivity index (χ3v) is 3.48. The summed E-state index contributed by atoms with van der Waals surface area (Å²) in [5.74, 6) is -0.218. The Balaban J connectivity index is 2.08. The van der Waals surface area contributed by atoms with Crippen LogP contribution in [0.25, 0.3) is 10.6 Å². The molecule has 1 aromatic heterocycles. The summed E-state index contributed by atoms with van der Waals surface area (Å²) in [6.07, 6.45) is 1.88. The van der Waals surface area contributed by atoms with Crippen molar-refractivity contribution >= 4 is 11.3 Å². The van der Waals surface area contributed by atoms with Crippen LogP contribution in [0.5, 0.6) is 0 Å². The average Bonchev–Trinajstić information content (AvgIpc) is 2.75. The van der Waals surface area contributed by atoms with Crippen LogP contribution < -0.4 is 5.32 Å². The minimum atomic E-state index is -0.218. The van der Waals surface area contributed by atoms with Gasteiger partial charge >= 0.3 is 0 Å². The van der Waals surface area contributed by atoms with Crippen molar-refractivity contribution in [2.75, 3.05) is 0 Å². The first-order valence-corrected chi connectivity index (χ1v) is 6.71. The van der Waals surface area contributed by atoms with E-state index in [1.807, 2.05) is 6.20 Å². The molecule has 0 fully saturated rings. The van der Waals surface area contributed by atoms with Gasteiger partial charge in [0.2, 0.25) is 0 Å². The van der Waals surface area contributed by atoms with E-state index in [2.05, 4.69) is 31.1 Å². The quantitative estimate of drug-likeness (QED) is 0.911. The number of halogens is 1. The molecule has 2 rings (SSSR count). The maximum atomic E-state index is 12.8. The molecule has 1 aromatic carbocycles. The molecule has 1 heterocycles. The van der Waals surface area contributed by atoms with E-state index in [9.17, 15) is 4.39 Å². The average molecular weight is 264 g/mol. The summed E-state index contributed by atoms with van der Waals surface area (Å²) < 4.78 is 12.8. The van der Waals surface area contributed by atoms with Crippen molar-refractivity contribution in [2.24, 2.45) is 0 Å². The summed E-state index contributed by atoms with van der Waals surface area (Å²) in [6, 6.07) is 6.44. The molecule has 0 unspecified atom stereocenters. The molecule has 0 aliphatic carbocycles. The molecule has 0 aliphatic heterocycles. The van der Waals surface area contributed by atoms with E-state index < -0.39 is 0 Å². The van der Waals surface area contributed by atoms with Crippen molar-refractivity contribution in [1.29, 1.82) is 0 Å². The lowest BCUT2D eigenvalue weighted by Gasteiger charge is -2.19. The van der Waals surface area contributed by atoms with Gasteiger partial charge in [-0.1, -0.05) is 0 Å². The Morgan fingerprint density at radius 3 is 2.50 bits per heavy atom. The van der Waals surface area contributed by atoms with Crippen molar-refractivity contribution in [1.82, 2.24) is 10.3 Å². The van der Waals surface area contributed by atoms with Gasteiger partial charge in [-0.3, -0.25) is 0 Å². The van der Waals surface area contributed by atoms with Crippen LogP contribution in [0.1, 0.15) is 25.6 Å². The van der Waals surface area contributed by atoms with Gasteiger partial charge in [-0.05, 0) is 45.0 Å². The molecule has 0 bridgehead atoms. The molecule has 0 amide bonds. The van der Waals surface area contributed by atoms with Gasteiger partial charge in [0.15, 0.2) is 0 Å². The van der Waals surface area contributed by atoms with Gasteiger partial charge in [0.25, 0.3) is 0 Å². The first kappa shape index (κ1) is 13.2. The molecule has 2 aromatic rings. The Kier molecular flexibility index (Phi) is 3.78. The second-order valence-electron chi connectivity index (χ2n) is 5.24. The van der Waals surface area contributed by atoms with Crippen LogP contribution >= 0.6 is 11.3 Å². The minimum Gasteiger partial charge on any atom is -0.307 e. The maximum Gasteiger partial charge on any atom is 0.123 e. The predicted molar refractivity (Wildman–Crippen MR) is 74.1 cm³/mol. The Morgan fingerprint density at radius 1 is 1.22 bits per heavy atom. The number of hydrogen-bond donors (Lipinski definition) is 1. The van der Waals surface area contributed by atoms with Crippen molar-refractivity contribution in [2.45, 2.75) is 32.9 Å². The first-order valence-electron chi connectivity index (χ1n) is 5.90. The van der Waals surface area contributed by atoms with Crippen LogP contribution in [0.2, 0.25) is 0 Å². The highest BCUT2D eigenvalue weighted by atomic mass is 32.1. The summed E-state index contributed by atoms with van der Waals surface area (Å²) in [7, 11) is 0. The maximum absolute atomic E-state index is 12.8. The van der Waals surface area contributed by atoms with Gasteiger partial charge in [0.1, 0.15) is 10.8 Å². The van der Waals surface area contributed by atoms with E-state index in [0.717, 1.165) is 17.1 Å². The fraction of sp³-hybridized carbons (Fsp3) is 0.357. The van der Waals surface area contributed by atoms with E-state index in [0.29, 0.717) is 0 Å². The number of nitrogens with zero attached hydrogens (tertiary/aromatic N) is 1. The van der Waals surface area contributed by atoms with E-state index in [4.69, 9.17) is 0 Å². The lowest BCUT2D eigenvalue weighted by atomic mass is 10.1. The second kappa shape index (κ2) is 5.16. The summed E-state index contributed by atoms with van der Waals surface area (Å²) in [6.45, 7) is 7.21. The normalized spacial score (nSPS) is 11.8. The lowest BCUT2D eigenvalue weighted by molar-refractivity contribution is 0.426. The molecule has 0 radical (unpaired) electrons. The van der Waals surface area contributed by atoms with Crippen LogP contribution in [-0.2, 0) is 6.54 Å². The molecule has 4 heteroatoms. The fourth-order valence-corrected chi connectivity index (χ4v) is 2.32. The highest BCUT2D eigenvalue weighted by Crippen LogP contribution is 2.25. The Hall–Kier alpha value is -1.26. The predicted octanol–water partition coefficient (Wildman–Crippen LogP) is 3.84. The number of thiazole rings is 1. The van der Waals surface area contributed by atoms with E-state index in [1.54, 1.807) is 23.5 Å². The Bertz CT molecular complexity index is 511. The molecule has 18 heavy (non-hydrogen) atoms. The van der Waals surface area contributed by atoms with Crippen molar-refractivity contribution < 1.29 is 4.39 Å². The molecular weight excluding hydrogens is 247 g/mol. The summed E-state index contributed by atoms with van der Waals surface area (Å²) in [4.78, 5) is 5.56. The van der Waals surface area contributed by atoms with Crippen LogP contribution in [0.15, 0.2) is 30.5 Å². The lowest BCUT2D eigenvalue weighted by Crippen LogP contribution is -2.34. The van der Waals surface area contributed by atoms with Crippen molar-refractivity contribution in [3.63, 3.8) is 0 Å². The van der Waals surface area contributed by atoms with Crippen molar-refractivity contribution in [3.8, 4) is 10.6 Å². The van der Waals surface area contributed by atoms with Crippen molar-refractivity contribution in [3.05, 3.63) is 41.2 Å². The molecule has 0 atom stereocenters. The summed E-state index contributed by atoms with van der Waals surface area (Å²) in [5, 5.41) is 4.35. The van der Waals surface area contributed by atoms with Gasteiger partial charge in [-0.25, -0.2) is 9.37 Å². The number of rotatable bonds is 3. The molecule has 0 saturated carbocycles. The second-order valence-corrected chi connectivity index (χ2v) is 6.36. The van der Waals surface area contributed by atoms with Crippen LogP contribution in [-0.4, -0.2) is 10.5 Å². The third kappa shape index (κ3) is 3.62. The number of aromatic nitrogens is 1. The standard InChI is InChI=1S/C14H17FN2S/c1-14(2,3)17-9-12-8-16-13(18-12)10-4-6-11(15)7-5-10/h4-8,17H,9H2,1-3H3. The van der Waals surface area contributed by atoms with Gasteiger partial charge in [0, 0.05) is 28.7 Å². The van der Waals surface area contributed by atoms with Gasteiger partial charge in [0.05, 0.1) is 0 Å². The molecule has 96 valence electrons. The third-order valence-electron chi connectivity index (χ3n) is 2.44. The van der Waals surface area contributed by atoms with Gasteiger partial charge in [-0.2, -0.15) is 0 Å². The molecule has 2 nitrogen and oxygen atoms in total. The molecule has 0 spiro atoms. The number of nitrogens with one attached hydrogen (secondary N) is 1. The number of hydrogen-bond acceptors (Lipinski definition) is 3. The molecular formula is C14H17FN2S. The van der Waals surface area contributed by atoms with E-state index in [-0.39, 0.29) is 11.4 Å². The number of benzene rings is 1. The Labute approximate surface area is 111 Å². The highest BCUT2D eigenvalue weighted by molar-refractivity contribution is 7.15. The van der Waals surface area contributed by atoms with Crippen LogP contribution in [0.4, 0.5) is 4.39 Å². The summed E-state index contributed by atoms with van der Waals surface area (Å²) >= 11 is 1.64. The Morgan fingerprint density at radius 2 is 1.89 bits per heavy atom.